The molecule has 0 aliphatic heterocycles. The molecule has 0 radical (unpaired) electrons. The van der Waals surface area contributed by atoms with E-state index in [0.717, 1.165) is 0 Å². The number of non-ortho nitro benzene ring substituents is 1. The van der Waals surface area contributed by atoms with Crippen molar-refractivity contribution in [1.82, 2.24) is 0 Å². The lowest BCUT2D eigenvalue weighted by Crippen LogP contribution is -1.94. The predicted octanol–water partition coefficient (Wildman–Crippen LogP) is 4.27. The summed E-state index contributed by atoms with van der Waals surface area (Å²) < 4.78 is 19.0. The van der Waals surface area contributed by atoms with Gasteiger partial charge in [-0.15, -0.1) is 11.6 Å². The molecule has 98 valence electrons. The Bertz CT molecular complexity index is 601. The van der Waals surface area contributed by atoms with Crippen molar-refractivity contribution in [3.63, 3.8) is 0 Å². The van der Waals surface area contributed by atoms with E-state index in [0.29, 0.717) is 11.3 Å². The number of ether oxygens (including phenoxy) is 1. The number of para-hydroxylation sites is 1. The van der Waals surface area contributed by atoms with Gasteiger partial charge < -0.3 is 4.74 Å². The minimum Gasteiger partial charge on any atom is -0.454 e. The fourth-order valence-electron chi connectivity index (χ4n) is 1.53. The standard InChI is InChI=1S/C13H9ClFNO3/c14-8-9-2-1-3-12(15)13(9)19-11-6-4-10(5-7-11)16(17)18/h1-7H,8H2. The molecule has 0 aliphatic carbocycles. The van der Waals surface area contributed by atoms with E-state index in [-0.39, 0.29) is 17.3 Å². The van der Waals surface area contributed by atoms with Crippen LogP contribution < -0.4 is 4.74 Å². The first-order valence-electron chi connectivity index (χ1n) is 5.37. The quantitative estimate of drug-likeness (QED) is 0.478. The topological polar surface area (TPSA) is 52.4 Å². The molecule has 2 aromatic carbocycles. The average Bonchev–Trinajstić information content (AvgIpc) is 2.41. The molecule has 0 heterocycles. The fraction of sp³-hybridized carbons (Fsp3) is 0.0769. The van der Waals surface area contributed by atoms with Crippen LogP contribution >= 0.6 is 11.6 Å². The molecule has 0 atom stereocenters. The molecule has 2 aromatic rings. The molecule has 0 N–H and O–H groups in total. The second kappa shape index (κ2) is 5.67. The summed E-state index contributed by atoms with van der Waals surface area (Å²) in [5, 5.41) is 10.5. The Hall–Kier alpha value is -2.14. The molecule has 0 saturated heterocycles. The van der Waals surface area contributed by atoms with E-state index in [2.05, 4.69) is 0 Å². The molecule has 0 fully saturated rings. The number of nitro benzene ring substituents is 1. The third kappa shape index (κ3) is 3.00. The Morgan fingerprint density at radius 1 is 1.21 bits per heavy atom. The summed E-state index contributed by atoms with van der Waals surface area (Å²) in [5.41, 5.74) is 0.457. The second-order valence-electron chi connectivity index (χ2n) is 3.71. The zero-order valence-electron chi connectivity index (χ0n) is 9.68. The Balaban J connectivity index is 2.28. The van der Waals surface area contributed by atoms with E-state index in [1.165, 1.54) is 36.4 Å². The summed E-state index contributed by atoms with van der Waals surface area (Å²) in [6.45, 7) is 0. The Morgan fingerprint density at radius 3 is 2.47 bits per heavy atom. The van der Waals surface area contributed by atoms with Crippen molar-refractivity contribution < 1.29 is 14.1 Å². The Morgan fingerprint density at radius 2 is 1.89 bits per heavy atom. The maximum atomic E-state index is 13.6. The highest BCUT2D eigenvalue weighted by atomic mass is 35.5. The summed E-state index contributed by atoms with van der Waals surface area (Å²) in [6, 6.07) is 9.83. The van der Waals surface area contributed by atoms with Crippen molar-refractivity contribution in [2.24, 2.45) is 0 Å². The van der Waals surface area contributed by atoms with Gasteiger partial charge >= 0.3 is 0 Å². The number of hydrogen-bond donors (Lipinski definition) is 0. The van der Waals surface area contributed by atoms with Gasteiger partial charge in [-0.05, 0) is 18.2 Å². The number of nitro groups is 1. The van der Waals surface area contributed by atoms with Gasteiger partial charge in [-0.1, -0.05) is 12.1 Å². The SMILES string of the molecule is O=[N+]([O-])c1ccc(Oc2c(F)cccc2CCl)cc1. The maximum absolute atomic E-state index is 13.6. The first-order chi connectivity index (χ1) is 9.11. The van der Waals surface area contributed by atoms with Crippen LogP contribution in [0, 0.1) is 15.9 Å². The Labute approximate surface area is 113 Å². The van der Waals surface area contributed by atoms with E-state index in [9.17, 15) is 14.5 Å². The number of benzene rings is 2. The molecule has 0 bridgehead atoms. The molecule has 0 aliphatic rings. The van der Waals surface area contributed by atoms with Gasteiger partial charge in [0.15, 0.2) is 11.6 Å². The van der Waals surface area contributed by atoms with Crippen LogP contribution in [0.4, 0.5) is 10.1 Å². The number of nitrogens with zero attached hydrogens (tertiary/aromatic N) is 1. The minimum atomic E-state index is -0.531. The maximum Gasteiger partial charge on any atom is 0.269 e. The number of alkyl halides is 1. The zero-order chi connectivity index (χ0) is 13.8. The van der Waals surface area contributed by atoms with Crippen LogP contribution in [-0.4, -0.2) is 4.92 Å². The van der Waals surface area contributed by atoms with Gasteiger partial charge in [-0.3, -0.25) is 10.1 Å². The minimum absolute atomic E-state index is 0.0337. The molecular weight excluding hydrogens is 273 g/mol. The van der Waals surface area contributed by atoms with Gasteiger partial charge in [0.2, 0.25) is 0 Å². The predicted molar refractivity (Wildman–Crippen MR) is 69.1 cm³/mol. The molecule has 0 aromatic heterocycles. The monoisotopic (exact) mass is 281 g/mol. The van der Waals surface area contributed by atoms with Crippen LogP contribution in [-0.2, 0) is 5.88 Å². The van der Waals surface area contributed by atoms with Crippen molar-refractivity contribution in [2.45, 2.75) is 5.88 Å². The second-order valence-corrected chi connectivity index (χ2v) is 3.98. The molecule has 0 amide bonds. The van der Waals surface area contributed by atoms with Crippen LogP contribution in [0.15, 0.2) is 42.5 Å². The first kappa shape index (κ1) is 13.3. The number of hydrogen-bond acceptors (Lipinski definition) is 3. The van der Waals surface area contributed by atoms with Gasteiger partial charge in [0.1, 0.15) is 5.75 Å². The van der Waals surface area contributed by atoms with Crippen molar-refractivity contribution in [1.29, 1.82) is 0 Å². The molecule has 0 saturated carbocycles. The van der Waals surface area contributed by atoms with Crippen molar-refractivity contribution >= 4 is 17.3 Å². The number of halogens is 2. The van der Waals surface area contributed by atoms with Crippen molar-refractivity contribution in [3.05, 3.63) is 64.0 Å². The van der Waals surface area contributed by atoms with Gasteiger partial charge in [-0.25, -0.2) is 4.39 Å². The van der Waals surface area contributed by atoms with Crippen LogP contribution in [0.1, 0.15) is 5.56 Å². The van der Waals surface area contributed by atoms with Crippen LogP contribution in [0.3, 0.4) is 0 Å². The van der Waals surface area contributed by atoms with Crippen molar-refractivity contribution in [3.8, 4) is 11.5 Å². The highest BCUT2D eigenvalue weighted by molar-refractivity contribution is 6.17. The highest BCUT2D eigenvalue weighted by Gasteiger charge is 2.11. The lowest BCUT2D eigenvalue weighted by molar-refractivity contribution is -0.384. The van der Waals surface area contributed by atoms with Crippen LogP contribution in [0.5, 0.6) is 11.5 Å². The smallest absolute Gasteiger partial charge is 0.269 e. The lowest BCUT2D eigenvalue weighted by Gasteiger charge is -2.10. The Kier molecular flexibility index (Phi) is 3.97. The highest BCUT2D eigenvalue weighted by Crippen LogP contribution is 2.30. The molecule has 19 heavy (non-hydrogen) atoms. The average molecular weight is 282 g/mol. The van der Waals surface area contributed by atoms with E-state index in [1.54, 1.807) is 6.07 Å². The summed E-state index contributed by atoms with van der Waals surface area (Å²) in [5.74, 6) is -0.0787. The van der Waals surface area contributed by atoms with Gasteiger partial charge in [0.25, 0.3) is 5.69 Å². The molecule has 0 unspecified atom stereocenters. The third-order valence-electron chi connectivity index (χ3n) is 2.46. The fourth-order valence-corrected chi connectivity index (χ4v) is 1.74. The van der Waals surface area contributed by atoms with E-state index < -0.39 is 10.7 Å². The summed E-state index contributed by atoms with van der Waals surface area (Å²) >= 11 is 5.70. The first-order valence-corrected chi connectivity index (χ1v) is 5.91. The van der Waals surface area contributed by atoms with Crippen molar-refractivity contribution in [2.75, 3.05) is 0 Å². The number of rotatable bonds is 4. The summed E-state index contributed by atoms with van der Waals surface area (Å²) in [7, 11) is 0. The van der Waals surface area contributed by atoms with Crippen LogP contribution in [0.2, 0.25) is 0 Å². The van der Waals surface area contributed by atoms with E-state index in [1.807, 2.05) is 0 Å². The molecule has 0 spiro atoms. The van der Waals surface area contributed by atoms with Gasteiger partial charge in [0.05, 0.1) is 10.8 Å². The van der Waals surface area contributed by atoms with Gasteiger partial charge in [0, 0.05) is 17.7 Å². The van der Waals surface area contributed by atoms with Gasteiger partial charge in [-0.2, -0.15) is 0 Å². The lowest BCUT2D eigenvalue weighted by atomic mass is 10.2. The third-order valence-corrected chi connectivity index (χ3v) is 2.75. The largest absolute Gasteiger partial charge is 0.454 e. The summed E-state index contributed by atoms with van der Waals surface area (Å²) in [6.07, 6.45) is 0. The molecule has 4 nitrogen and oxygen atoms in total. The van der Waals surface area contributed by atoms with Crippen LogP contribution in [0.25, 0.3) is 0 Å². The van der Waals surface area contributed by atoms with E-state index >= 15 is 0 Å². The summed E-state index contributed by atoms with van der Waals surface area (Å²) in [4.78, 5) is 10.00. The normalized spacial score (nSPS) is 10.2. The molecule has 6 heteroatoms. The van der Waals surface area contributed by atoms with E-state index in [4.69, 9.17) is 16.3 Å². The zero-order valence-corrected chi connectivity index (χ0v) is 10.4. The molecule has 2 rings (SSSR count). The molecular formula is C13H9ClFNO3.